The van der Waals surface area contributed by atoms with Gasteiger partial charge in [-0.25, -0.2) is 14.0 Å². The van der Waals surface area contributed by atoms with E-state index in [0.717, 1.165) is 0 Å². The molecule has 0 aliphatic carbocycles. The summed E-state index contributed by atoms with van der Waals surface area (Å²) < 4.78 is 25.6. The zero-order valence-electron chi connectivity index (χ0n) is 16.2. The number of urea groups is 2. The summed E-state index contributed by atoms with van der Waals surface area (Å²) in [6.07, 6.45) is 0.679. The molecule has 0 aromatic heterocycles. The summed E-state index contributed by atoms with van der Waals surface area (Å²) in [5.41, 5.74) is 0.118. The summed E-state index contributed by atoms with van der Waals surface area (Å²) in [5, 5.41) is 5.46. The molecular weight excluding hydrogens is 367 g/mol. The van der Waals surface area contributed by atoms with E-state index in [4.69, 9.17) is 9.47 Å². The number of benzene rings is 1. The monoisotopic (exact) mass is 394 g/mol. The Hall–Kier alpha value is -2.39. The van der Waals surface area contributed by atoms with E-state index >= 15 is 0 Å². The first-order valence-electron chi connectivity index (χ1n) is 9.52. The van der Waals surface area contributed by atoms with Gasteiger partial charge < -0.3 is 29.9 Å². The van der Waals surface area contributed by atoms with Crippen LogP contribution in [-0.4, -0.2) is 73.1 Å². The lowest BCUT2D eigenvalue weighted by Gasteiger charge is -2.43. The Labute approximate surface area is 163 Å². The fourth-order valence-electron chi connectivity index (χ4n) is 3.31. The van der Waals surface area contributed by atoms with Crippen molar-refractivity contribution in [2.75, 3.05) is 44.7 Å². The van der Waals surface area contributed by atoms with Crippen molar-refractivity contribution in [2.24, 2.45) is 0 Å². The number of hydrogen-bond acceptors (Lipinski definition) is 4. The van der Waals surface area contributed by atoms with E-state index in [9.17, 15) is 14.0 Å². The highest BCUT2D eigenvalue weighted by Gasteiger charge is 2.43. The second kappa shape index (κ2) is 8.74. The molecule has 1 atom stereocenters. The molecule has 1 spiro atoms. The van der Waals surface area contributed by atoms with Crippen LogP contribution in [0.1, 0.15) is 20.3 Å². The van der Waals surface area contributed by atoms with Gasteiger partial charge >= 0.3 is 12.1 Å². The highest BCUT2D eigenvalue weighted by atomic mass is 19.1. The van der Waals surface area contributed by atoms with Crippen LogP contribution in [0.4, 0.5) is 19.7 Å². The fourth-order valence-corrected chi connectivity index (χ4v) is 3.31. The summed E-state index contributed by atoms with van der Waals surface area (Å²) in [7, 11) is 0. The first kappa shape index (κ1) is 20.3. The van der Waals surface area contributed by atoms with Crippen molar-refractivity contribution in [3.8, 4) is 0 Å². The van der Waals surface area contributed by atoms with E-state index in [0.29, 0.717) is 26.1 Å². The van der Waals surface area contributed by atoms with Crippen molar-refractivity contribution < 1.29 is 23.5 Å². The Bertz CT molecular complexity index is 717. The lowest BCUT2D eigenvalue weighted by molar-refractivity contribution is -0.258. The number of morpholine rings is 1. The van der Waals surface area contributed by atoms with Gasteiger partial charge in [-0.2, -0.15) is 0 Å². The summed E-state index contributed by atoms with van der Waals surface area (Å²) in [5.74, 6) is -1.59. The zero-order chi connectivity index (χ0) is 20.1. The standard InChI is InChI=1S/C19H27FN4O4/c1-14(2)21-17(25)23-8-5-10-27-19(12-23)13-24(9-11-28-19)18(26)22-16-7-4-3-6-15(16)20/h3-4,6-7,14H,5,8-13H2,1-2H3,(H,21,25)(H,22,26). The van der Waals surface area contributed by atoms with Gasteiger partial charge in [0.1, 0.15) is 5.82 Å². The van der Waals surface area contributed by atoms with Gasteiger partial charge in [0.25, 0.3) is 0 Å². The summed E-state index contributed by atoms with van der Waals surface area (Å²) in [6.45, 7) is 5.75. The second-order valence-corrected chi connectivity index (χ2v) is 7.32. The number of carbonyl (C=O) groups is 2. The first-order chi connectivity index (χ1) is 13.4. The van der Waals surface area contributed by atoms with Crippen LogP contribution in [0, 0.1) is 5.82 Å². The first-order valence-corrected chi connectivity index (χ1v) is 9.52. The van der Waals surface area contributed by atoms with E-state index in [1.165, 1.54) is 17.0 Å². The highest BCUT2D eigenvalue weighted by molar-refractivity contribution is 5.89. The molecule has 2 fully saturated rings. The molecule has 2 N–H and O–H groups in total. The van der Waals surface area contributed by atoms with Gasteiger partial charge in [0, 0.05) is 19.1 Å². The Kier molecular flexibility index (Phi) is 6.35. The van der Waals surface area contributed by atoms with Gasteiger partial charge in [-0.3, -0.25) is 0 Å². The number of amides is 4. The van der Waals surface area contributed by atoms with Crippen LogP contribution >= 0.6 is 0 Å². The molecule has 9 heteroatoms. The average molecular weight is 394 g/mol. The number of nitrogens with one attached hydrogen (secondary N) is 2. The van der Waals surface area contributed by atoms with Gasteiger partial charge in [-0.1, -0.05) is 12.1 Å². The molecule has 0 radical (unpaired) electrons. The maximum Gasteiger partial charge on any atom is 0.322 e. The van der Waals surface area contributed by atoms with Gasteiger partial charge in [-0.15, -0.1) is 0 Å². The smallest absolute Gasteiger partial charge is 0.322 e. The summed E-state index contributed by atoms with van der Waals surface area (Å²) >= 11 is 0. The van der Waals surface area contributed by atoms with Crippen LogP contribution in [-0.2, 0) is 9.47 Å². The Balaban J connectivity index is 1.68. The van der Waals surface area contributed by atoms with Gasteiger partial charge in [0.15, 0.2) is 0 Å². The lowest BCUT2D eigenvalue weighted by atomic mass is 10.2. The Morgan fingerprint density at radius 3 is 2.46 bits per heavy atom. The topological polar surface area (TPSA) is 83.1 Å². The number of para-hydroxylation sites is 1. The van der Waals surface area contributed by atoms with Gasteiger partial charge in [0.05, 0.1) is 32.0 Å². The van der Waals surface area contributed by atoms with Crippen molar-refractivity contribution in [3.63, 3.8) is 0 Å². The largest absolute Gasteiger partial charge is 0.347 e. The molecule has 154 valence electrons. The molecule has 3 rings (SSSR count). The second-order valence-electron chi connectivity index (χ2n) is 7.32. The van der Waals surface area contributed by atoms with E-state index < -0.39 is 17.6 Å². The number of carbonyl (C=O) groups excluding carboxylic acids is 2. The molecular formula is C19H27FN4O4. The maximum atomic E-state index is 13.8. The Morgan fingerprint density at radius 1 is 1.07 bits per heavy atom. The summed E-state index contributed by atoms with van der Waals surface area (Å²) in [4.78, 5) is 28.3. The molecule has 2 heterocycles. The van der Waals surface area contributed by atoms with Crippen LogP contribution in [0.2, 0.25) is 0 Å². The van der Waals surface area contributed by atoms with E-state index in [2.05, 4.69) is 10.6 Å². The van der Waals surface area contributed by atoms with Crippen molar-refractivity contribution in [3.05, 3.63) is 30.1 Å². The van der Waals surface area contributed by atoms with Crippen molar-refractivity contribution in [2.45, 2.75) is 32.1 Å². The van der Waals surface area contributed by atoms with Crippen molar-refractivity contribution >= 4 is 17.7 Å². The number of nitrogens with zero attached hydrogens (tertiary/aromatic N) is 2. The minimum atomic E-state index is -1.09. The van der Waals surface area contributed by atoms with Crippen LogP contribution in [0.5, 0.6) is 0 Å². The number of hydrogen-bond donors (Lipinski definition) is 2. The third-order valence-electron chi connectivity index (χ3n) is 4.63. The number of ether oxygens (including phenoxy) is 2. The van der Waals surface area contributed by atoms with Crippen molar-refractivity contribution in [1.82, 2.24) is 15.1 Å². The normalized spacial score (nSPS) is 22.9. The molecule has 1 aromatic rings. The van der Waals surface area contributed by atoms with E-state index in [-0.39, 0.29) is 37.5 Å². The number of anilines is 1. The predicted octanol–water partition coefficient (Wildman–Crippen LogP) is 2.23. The number of halogens is 1. The fraction of sp³-hybridized carbons (Fsp3) is 0.579. The van der Waals surface area contributed by atoms with Crippen LogP contribution in [0.3, 0.4) is 0 Å². The minimum absolute atomic E-state index is 0.0166. The molecule has 28 heavy (non-hydrogen) atoms. The molecule has 2 aliphatic rings. The van der Waals surface area contributed by atoms with E-state index in [1.54, 1.807) is 17.0 Å². The quantitative estimate of drug-likeness (QED) is 0.806. The maximum absolute atomic E-state index is 13.8. The molecule has 0 bridgehead atoms. The zero-order valence-corrected chi connectivity index (χ0v) is 16.2. The highest BCUT2D eigenvalue weighted by Crippen LogP contribution is 2.25. The van der Waals surface area contributed by atoms with Crippen molar-refractivity contribution in [1.29, 1.82) is 0 Å². The van der Waals surface area contributed by atoms with Gasteiger partial charge in [-0.05, 0) is 32.4 Å². The molecule has 1 aromatic carbocycles. The molecule has 0 saturated carbocycles. The van der Waals surface area contributed by atoms with Crippen LogP contribution in [0.25, 0.3) is 0 Å². The van der Waals surface area contributed by atoms with Crippen LogP contribution < -0.4 is 10.6 Å². The lowest BCUT2D eigenvalue weighted by Crippen LogP contribution is -2.61. The van der Waals surface area contributed by atoms with E-state index in [1.807, 2.05) is 13.8 Å². The third kappa shape index (κ3) is 4.90. The Morgan fingerprint density at radius 2 is 1.75 bits per heavy atom. The molecule has 2 aliphatic heterocycles. The SMILES string of the molecule is CC(C)NC(=O)N1CCCOC2(CN(C(=O)Nc3ccccc3F)CCO2)C1. The minimum Gasteiger partial charge on any atom is -0.347 e. The predicted molar refractivity (Wildman–Crippen MR) is 101 cm³/mol. The summed E-state index contributed by atoms with van der Waals surface area (Å²) in [6, 6.07) is 5.40. The average Bonchev–Trinajstić information content (AvgIpc) is 2.86. The number of rotatable bonds is 2. The van der Waals surface area contributed by atoms with Gasteiger partial charge in [0.2, 0.25) is 5.79 Å². The molecule has 4 amide bonds. The molecule has 2 saturated heterocycles. The molecule has 8 nitrogen and oxygen atoms in total. The van der Waals surface area contributed by atoms with Crippen LogP contribution in [0.15, 0.2) is 24.3 Å². The third-order valence-corrected chi connectivity index (χ3v) is 4.63. The molecule has 1 unspecified atom stereocenters.